The van der Waals surface area contributed by atoms with Gasteiger partial charge in [0.2, 0.25) is 17.8 Å². The van der Waals surface area contributed by atoms with E-state index in [0.29, 0.717) is 67.6 Å². The molecule has 0 unspecified atom stereocenters. The van der Waals surface area contributed by atoms with Gasteiger partial charge in [-0.2, -0.15) is 9.97 Å². The third-order valence-corrected chi connectivity index (χ3v) is 10.7. The average Bonchev–Trinajstić information content (AvgIpc) is 3.17. The Hall–Kier alpha value is -5.37. The number of anilines is 2. The summed E-state index contributed by atoms with van der Waals surface area (Å²) in [6, 6.07) is 19.1. The summed E-state index contributed by atoms with van der Waals surface area (Å²) in [6.45, 7) is 1.55. The third kappa shape index (κ3) is 9.30. The van der Waals surface area contributed by atoms with Crippen molar-refractivity contribution in [2.24, 2.45) is 5.73 Å². The van der Waals surface area contributed by atoms with Crippen molar-refractivity contribution in [1.82, 2.24) is 35.2 Å². The summed E-state index contributed by atoms with van der Waals surface area (Å²) < 4.78 is 0. The first kappa shape index (κ1) is 37.9. The molecule has 0 radical (unpaired) electrons. The molecule has 4 aromatic heterocycles. The second kappa shape index (κ2) is 17.0. The molecule has 284 valence electrons. The molecule has 2 aromatic carbocycles. The largest absolute Gasteiger partial charge is 0.354 e. The first-order chi connectivity index (χ1) is 26.6. The van der Waals surface area contributed by atoms with Crippen LogP contribution < -0.4 is 32.8 Å². The van der Waals surface area contributed by atoms with E-state index in [9.17, 15) is 14.4 Å². The van der Waals surface area contributed by atoms with E-state index in [1.807, 2.05) is 36.4 Å². The maximum Gasteiger partial charge on any atom is 0.257 e. The van der Waals surface area contributed by atoms with Gasteiger partial charge in [-0.05, 0) is 75.6 Å². The summed E-state index contributed by atoms with van der Waals surface area (Å²) in [5.41, 5.74) is 8.84. The van der Waals surface area contributed by atoms with Crippen molar-refractivity contribution in [2.75, 3.05) is 10.6 Å². The minimum Gasteiger partial charge on any atom is -0.354 e. The smallest absolute Gasteiger partial charge is 0.257 e. The number of nitrogens with two attached hydrogens (primary N) is 1. The molecule has 1 amide bonds. The van der Waals surface area contributed by atoms with Crippen molar-refractivity contribution in [3.05, 3.63) is 104 Å². The van der Waals surface area contributed by atoms with Crippen molar-refractivity contribution in [3.8, 4) is 22.3 Å². The normalized spacial score (nSPS) is 19.6. The summed E-state index contributed by atoms with van der Waals surface area (Å²) in [4.78, 5) is 59.7. The van der Waals surface area contributed by atoms with E-state index in [0.717, 1.165) is 62.1 Å². The van der Waals surface area contributed by atoms with Crippen LogP contribution >= 0.6 is 23.2 Å². The monoisotopic (exact) mass is 780 g/mol. The second-order valence-electron chi connectivity index (χ2n) is 14.1. The lowest BCUT2D eigenvalue weighted by Crippen LogP contribution is -2.39. The Morgan fingerprint density at radius 2 is 1.07 bits per heavy atom. The van der Waals surface area contributed by atoms with E-state index in [2.05, 4.69) is 45.9 Å². The van der Waals surface area contributed by atoms with E-state index in [1.54, 1.807) is 43.6 Å². The molecule has 6 aromatic rings. The summed E-state index contributed by atoms with van der Waals surface area (Å²) in [7, 11) is 0. The van der Waals surface area contributed by atoms with Crippen LogP contribution in [-0.2, 0) is 4.79 Å². The predicted molar refractivity (Wildman–Crippen MR) is 219 cm³/mol. The van der Waals surface area contributed by atoms with Crippen LogP contribution in [0.3, 0.4) is 0 Å². The number of nitrogens with one attached hydrogen (secondary N) is 5. The number of hydrogen-bond donors (Lipinski definition) is 6. The average molecular weight is 782 g/mol. The number of amides is 1. The van der Waals surface area contributed by atoms with Crippen LogP contribution in [0.2, 0.25) is 10.0 Å². The van der Waals surface area contributed by atoms with Gasteiger partial charge >= 0.3 is 0 Å². The minimum absolute atomic E-state index is 0.0133. The lowest BCUT2D eigenvalue weighted by Gasteiger charge is -2.29. The molecule has 2 aliphatic rings. The molecule has 0 aliphatic heterocycles. The maximum absolute atomic E-state index is 12.6. The summed E-state index contributed by atoms with van der Waals surface area (Å²) in [5, 5.41) is 12.2. The van der Waals surface area contributed by atoms with Gasteiger partial charge in [-0.3, -0.25) is 14.4 Å². The zero-order valence-corrected chi connectivity index (χ0v) is 31.8. The number of benzene rings is 2. The zero-order valence-electron chi connectivity index (χ0n) is 30.2. The number of aromatic nitrogens is 6. The molecule has 0 spiro atoms. The van der Waals surface area contributed by atoms with E-state index in [4.69, 9.17) is 28.9 Å². The van der Waals surface area contributed by atoms with Crippen molar-refractivity contribution in [1.29, 1.82) is 0 Å². The minimum atomic E-state index is -0.244. The van der Waals surface area contributed by atoms with Gasteiger partial charge in [0.15, 0.2) is 0 Å². The first-order valence-corrected chi connectivity index (χ1v) is 19.2. The van der Waals surface area contributed by atoms with Crippen LogP contribution in [-0.4, -0.2) is 60.0 Å². The van der Waals surface area contributed by atoms with Crippen LogP contribution in [0.25, 0.3) is 44.3 Å². The molecular formula is C40H42Cl2N10O3. The number of hydrogen-bond acceptors (Lipinski definition) is 10. The fourth-order valence-electron chi connectivity index (χ4n) is 7.18. The number of aromatic amines is 2. The Bertz CT molecular complexity index is 2440. The summed E-state index contributed by atoms with van der Waals surface area (Å²) in [6.07, 6.45) is 11.1. The number of H-pyrrole nitrogens is 2. The van der Waals surface area contributed by atoms with Gasteiger partial charge in [-0.25, -0.2) is 9.97 Å². The highest BCUT2D eigenvalue weighted by molar-refractivity contribution is 6.33. The summed E-state index contributed by atoms with van der Waals surface area (Å²) >= 11 is 12.5. The maximum atomic E-state index is 12.6. The van der Waals surface area contributed by atoms with Crippen LogP contribution in [0.1, 0.15) is 58.3 Å². The van der Waals surface area contributed by atoms with Crippen molar-refractivity contribution < 1.29 is 4.79 Å². The molecule has 15 heteroatoms. The predicted octanol–water partition coefficient (Wildman–Crippen LogP) is 6.82. The molecule has 4 heterocycles. The zero-order chi connectivity index (χ0) is 38.5. The highest BCUT2D eigenvalue weighted by atomic mass is 35.5. The Morgan fingerprint density at radius 3 is 1.51 bits per heavy atom. The Balaban J connectivity index is 0.000000170. The number of pyridine rings is 2. The standard InChI is InChI=1S/C21H22ClN5O2.C19H20ClN5O/c1-12(28)24-14-6-8-15(9-7-14)25-21-23-11-13-10-17(20(29)26-19(13)27-21)16-4-2-3-5-18(16)22;20-16-4-2-1-3-14(16)15-9-11-10-22-19(25-17(11)24-18(15)26)23-13-7-5-12(21)6-8-13/h2-5,10-11,14-15H,6-9H2,1H3,(H,24,28)(H2,23,25,26,27,29);1-4,9-10,12-13H,5-8,21H2,(H2,22,23,24,25,26). The van der Waals surface area contributed by atoms with E-state index in [1.165, 1.54) is 0 Å². The topological polar surface area (TPSA) is 196 Å². The molecule has 8 rings (SSSR count). The molecule has 13 nitrogen and oxygen atoms in total. The van der Waals surface area contributed by atoms with Crippen LogP contribution in [0, 0.1) is 0 Å². The third-order valence-electron chi connectivity index (χ3n) is 10.1. The van der Waals surface area contributed by atoms with Crippen LogP contribution in [0.15, 0.2) is 82.6 Å². The van der Waals surface area contributed by atoms with Gasteiger partial charge < -0.3 is 31.7 Å². The van der Waals surface area contributed by atoms with Gasteiger partial charge in [-0.1, -0.05) is 59.6 Å². The Labute approximate surface area is 326 Å². The van der Waals surface area contributed by atoms with Gasteiger partial charge in [-0.15, -0.1) is 0 Å². The SMILES string of the molecule is CC(=O)NC1CCC(Nc2ncc3cc(-c4ccccc4Cl)c(=O)[nH]c3n2)CC1.NC1CCC(Nc2ncc3cc(-c4ccccc4Cl)c(=O)[nH]c3n2)CC1. The first-order valence-electron chi connectivity index (χ1n) is 18.5. The number of nitrogens with zero attached hydrogens (tertiary/aromatic N) is 4. The lowest BCUT2D eigenvalue weighted by molar-refractivity contribution is -0.119. The van der Waals surface area contributed by atoms with Crippen molar-refractivity contribution in [2.45, 2.75) is 82.5 Å². The van der Waals surface area contributed by atoms with E-state index in [-0.39, 0.29) is 29.1 Å². The number of carbonyl (C=O) groups is 1. The molecular weight excluding hydrogens is 739 g/mol. The lowest BCUT2D eigenvalue weighted by atomic mass is 9.91. The number of rotatable bonds is 7. The fraction of sp³-hybridized carbons (Fsp3) is 0.325. The molecule has 2 aliphatic carbocycles. The van der Waals surface area contributed by atoms with Crippen LogP contribution in [0.5, 0.6) is 0 Å². The molecule has 7 N–H and O–H groups in total. The van der Waals surface area contributed by atoms with Crippen LogP contribution in [0.4, 0.5) is 11.9 Å². The molecule has 55 heavy (non-hydrogen) atoms. The molecule has 0 saturated heterocycles. The molecule has 2 saturated carbocycles. The molecule has 0 bridgehead atoms. The van der Waals surface area contributed by atoms with Crippen molar-refractivity contribution in [3.63, 3.8) is 0 Å². The highest BCUT2D eigenvalue weighted by Crippen LogP contribution is 2.29. The fourth-order valence-corrected chi connectivity index (χ4v) is 7.66. The second-order valence-corrected chi connectivity index (χ2v) is 14.9. The molecule has 2 fully saturated rings. The number of halogens is 2. The molecule has 0 atom stereocenters. The van der Waals surface area contributed by atoms with E-state index >= 15 is 0 Å². The quantitative estimate of drug-likeness (QED) is 0.100. The number of fused-ring (bicyclic) bond motifs is 2. The van der Waals surface area contributed by atoms with Gasteiger partial charge in [0.25, 0.3) is 11.1 Å². The van der Waals surface area contributed by atoms with Gasteiger partial charge in [0.05, 0.1) is 0 Å². The van der Waals surface area contributed by atoms with Gasteiger partial charge in [0, 0.05) is 86.6 Å². The highest BCUT2D eigenvalue weighted by Gasteiger charge is 2.23. The Morgan fingerprint density at radius 1 is 0.655 bits per heavy atom. The summed E-state index contributed by atoms with van der Waals surface area (Å²) in [5.74, 6) is 1.03. The van der Waals surface area contributed by atoms with E-state index < -0.39 is 0 Å². The number of carbonyl (C=O) groups excluding carboxylic acids is 1. The Kier molecular flexibility index (Phi) is 11.7. The van der Waals surface area contributed by atoms with Crippen molar-refractivity contribution >= 4 is 63.1 Å². The van der Waals surface area contributed by atoms with Gasteiger partial charge in [0.1, 0.15) is 11.3 Å².